The average Bonchev–Trinajstić information content (AvgIpc) is 2.67. The van der Waals surface area contributed by atoms with Crippen molar-refractivity contribution in [1.29, 1.82) is 0 Å². The first-order valence-electron chi connectivity index (χ1n) is 4.15. The van der Waals surface area contributed by atoms with E-state index in [0.29, 0.717) is 12.4 Å². The highest BCUT2D eigenvalue weighted by atomic mass is 32.1. The molecule has 0 spiro atoms. The number of aromatic nitrogens is 3. The minimum absolute atomic E-state index is 0.566. The van der Waals surface area contributed by atoms with Crippen molar-refractivity contribution >= 4 is 18.2 Å². The Kier molecular flexibility index (Phi) is 2.60. The second kappa shape index (κ2) is 4.06. The first-order valence-corrected chi connectivity index (χ1v) is 4.52. The van der Waals surface area contributed by atoms with Crippen molar-refractivity contribution in [3.8, 4) is 0 Å². The first kappa shape index (κ1) is 8.96. The van der Waals surface area contributed by atoms with Crippen LogP contribution in [0, 0.1) is 0 Å². The Bertz CT molecular complexity index is 423. The number of pyridine rings is 1. The number of nitrogens with zero attached hydrogens (tertiary/aromatic N) is 4. The highest BCUT2D eigenvalue weighted by Crippen LogP contribution is 2.06. The number of hydrogen-bond donors (Lipinski definition) is 0. The summed E-state index contributed by atoms with van der Waals surface area (Å²) in [7, 11) is 0. The second-order valence-corrected chi connectivity index (χ2v) is 2.97. The molecule has 4 nitrogen and oxygen atoms in total. The van der Waals surface area contributed by atoms with Crippen LogP contribution in [0.15, 0.2) is 41.0 Å². The van der Waals surface area contributed by atoms with Gasteiger partial charge in [0.2, 0.25) is 0 Å². The standard InChI is InChI=1S/C9H8N4S/c14-12-9-4-6-13(11-9)7-8-3-1-2-5-10-8/h1-6H,7H2. The number of hydrogen-bond acceptors (Lipinski definition) is 4. The highest BCUT2D eigenvalue weighted by molar-refractivity contribution is 7.47. The molecule has 2 rings (SSSR count). The van der Waals surface area contributed by atoms with Crippen LogP contribution < -0.4 is 0 Å². The van der Waals surface area contributed by atoms with Gasteiger partial charge in [-0.1, -0.05) is 6.07 Å². The van der Waals surface area contributed by atoms with Crippen molar-refractivity contribution in [1.82, 2.24) is 14.8 Å². The van der Waals surface area contributed by atoms with Gasteiger partial charge in [-0.2, -0.15) is 9.46 Å². The minimum atomic E-state index is 0.566. The summed E-state index contributed by atoms with van der Waals surface area (Å²) in [6.07, 6.45) is 3.59. The van der Waals surface area contributed by atoms with Crippen LogP contribution in [0.1, 0.15) is 5.69 Å². The van der Waals surface area contributed by atoms with Gasteiger partial charge in [0.05, 0.1) is 12.2 Å². The monoisotopic (exact) mass is 204 g/mol. The molecule has 0 aliphatic carbocycles. The van der Waals surface area contributed by atoms with Crippen LogP contribution in [-0.2, 0) is 19.0 Å². The maximum atomic E-state index is 4.53. The van der Waals surface area contributed by atoms with Gasteiger partial charge in [-0.3, -0.25) is 9.67 Å². The van der Waals surface area contributed by atoms with E-state index in [0.717, 1.165) is 5.69 Å². The lowest BCUT2D eigenvalue weighted by Crippen LogP contribution is -2.01. The Hall–Kier alpha value is -1.62. The minimum Gasteiger partial charge on any atom is -0.265 e. The van der Waals surface area contributed by atoms with Crippen LogP contribution in [0.3, 0.4) is 0 Å². The summed E-state index contributed by atoms with van der Waals surface area (Å²) in [5, 5.41) is 4.13. The quantitative estimate of drug-likeness (QED) is 0.764. The highest BCUT2D eigenvalue weighted by Gasteiger charge is 1.98. The van der Waals surface area contributed by atoms with E-state index in [4.69, 9.17) is 0 Å². The molecule has 2 aromatic rings. The summed E-state index contributed by atoms with van der Waals surface area (Å²) in [5.74, 6) is 0.566. The van der Waals surface area contributed by atoms with Gasteiger partial charge < -0.3 is 0 Å². The molecular formula is C9H8N4S. The molecule has 0 aliphatic rings. The Morgan fingerprint density at radius 2 is 2.29 bits per heavy atom. The normalized spacial score (nSPS) is 10.0. The van der Waals surface area contributed by atoms with Gasteiger partial charge in [-0.25, -0.2) is 0 Å². The van der Waals surface area contributed by atoms with Crippen LogP contribution in [0.2, 0.25) is 0 Å². The molecule has 2 aromatic heterocycles. The largest absolute Gasteiger partial charge is 0.265 e. The number of rotatable bonds is 3. The van der Waals surface area contributed by atoms with Crippen molar-refractivity contribution in [2.45, 2.75) is 6.54 Å². The molecule has 70 valence electrons. The van der Waals surface area contributed by atoms with Gasteiger partial charge >= 0.3 is 0 Å². The third kappa shape index (κ3) is 2.00. The predicted octanol–water partition coefficient (Wildman–Crippen LogP) is 1.69. The van der Waals surface area contributed by atoms with Crippen molar-refractivity contribution in [3.63, 3.8) is 0 Å². The van der Waals surface area contributed by atoms with Crippen LogP contribution >= 0.6 is 0 Å². The SMILES string of the molecule is S=Nc1ccn(Cc2ccccn2)n1. The van der Waals surface area contributed by atoms with Crippen LogP contribution in [0.4, 0.5) is 5.82 Å². The lowest BCUT2D eigenvalue weighted by Gasteiger charge is -1.99. The Morgan fingerprint density at radius 3 is 2.93 bits per heavy atom. The second-order valence-electron chi connectivity index (χ2n) is 2.78. The van der Waals surface area contributed by atoms with E-state index < -0.39 is 0 Å². The van der Waals surface area contributed by atoms with E-state index >= 15 is 0 Å². The fourth-order valence-corrected chi connectivity index (χ4v) is 1.24. The lowest BCUT2D eigenvalue weighted by molar-refractivity contribution is 0.674. The van der Waals surface area contributed by atoms with E-state index in [2.05, 4.69) is 26.9 Å². The van der Waals surface area contributed by atoms with Gasteiger partial charge in [0.15, 0.2) is 5.82 Å². The zero-order valence-electron chi connectivity index (χ0n) is 7.37. The summed E-state index contributed by atoms with van der Waals surface area (Å²) in [6.45, 7) is 0.645. The van der Waals surface area contributed by atoms with Crippen LogP contribution in [-0.4, -0.2) is 14.8 Å². The molecule has 0 fully saturated rings. The molecule has 0 atom stereocenters. The third-order valence-electron chi connectivity index (χ3n) is 1.77. The van der Waals surface area contributed by atoms with Gasteiger partial charge in [-0.15, -0.1) is 0 Å². The van der Waals surface area contributed by atoms with E-state index in [1.54, 1.807) is 16.9 Å². The molecule has 0 saturated carbocycles. The molecule has 2 heterocycles. The maximum absolute atomic E-state index is 4.53. The topological polar surface area (TPSA) is 43.1 Å². The third-order valence-corrected chi connectivity index (χ3v) is 1.96. The van der Waals surface area contributed by atoms with Gasteiger partial charge in [0, 0.05) is 30.9 Å². The molecule has 0 unspecified atom stereocenters. The van der Waals surface area contributed by atoms with E-state index in [-0.39, 0.29) is 0 Å². The molecule has 14 heavy (non-hydrogen) atoms. The van der Waals surface area contributed by atoms with Crippen molar-refractivity contribution in [2.75, 3.05) is 0 Å². The van der Waals surface area contributed by atoms with Gasteiger partial charge in [0.25, 0.3) is 0 Å². The molecule has 0 aromatic carbocycles. The molecule has 0 N–H and O–H groups in total. The summed E-state index contributed by atoms with van der Waals surface area (Å²) in [6, 6.07) is 7.56. The Morgan fingerprint density at radius 1 is 1.36 bits per heavy atom. The molecule has 0 amide bonds. The maximum Gasteiger partial charge on any atom is 0.187 e. The molecule has 0 radical (unpaired) electrons. The summed E-state index contributed by atoms with van der Waals surface area (Å²) in [4.78, 5) is 4.19. The summed E-state index contributed by atoms with van der Waals surface area (Å²) < 4.78 is 5.32. The van der Waals surface area contributed by atoms with Gasteiger partial charge in [-0.05, 0) is 12.1 Å². The smallest absolute Gasteiger partial charge is 0.187 e. The average molecular weight is 204 g/mol. The predicted molar refractivity (Wildman–Crippen MR) is 55.0 cm³/mol. The zero-order chi connectivity index (χ0) is 9.80. The van der Waals surface area contributed by atoms with Crippen LogP contribution in [0.5, 0.6) is 0 Å². The van der Waals surface area contributed by atoms with Gasteiger partial charge in [0.1, 0.15) is 0 Å². The van der Waals surface area contributed by atoms with Crippen molar-refractivity contribution in [2.24, 2.45) is 4.36 Å². The van der Waals surface area contributed by atoms with Crippen molar-refractivity contribution < 1.29 is 0 Å². The molecule has 0 saturated heterocycles. The van der Waals surface area contributed by atoms with E-state index in [1.165, 1.54) is 0 Å². The lowest BCUT2D eigenvalue weighted by atomic mass is 10.3. The van der Waals surface area contributed by atoms with E-state index in [9.17, 15) is 0 Å². The fraction of sp³-hybridized carbons (Fsp3) is 0.111. The zero-order valence-corrected chi connectivity index (χ0v) is 8.18. The molecule has 0 aliphatic heterocycles. The van der Waals surface area contributed by atoms with E-state index in [1.807, 2.05) is 24.4 Å². The summed E-state index contributed by atoms with van der Waals surface area (Å²) >= 11 is 4.53. The van der Waals surface area contributed by atoms with Crippen molar-refractivity contribution in [3.05, 3.63) is 42.4 Å². The molecule has 0 bridgehead atoms. The Labute approximate surface area is 86.8 Å². The van der Waals surface area contributed by atoms with Crippen LogP contribution in [0.25, 0.3) is 0 Å². The summed E-state index contributed by atoms with van der Waals surface area (Å²) in [5.41, 5.74) is 0.964. The Balaban J connectivity index is 2.15. The molecular weight excluding hydrogens is 196 g/mol. The molecule has 5 heteroatoms. The fourth-order valence-electron chi connectivity index (χ4n) is 1.15. The first-order chi connectivity index (χ1) is 6.88.